The monoisotopic (exact) mass is 281 g/mol. The van der Waals surface area contributed by atoms with Gasteiger partial charge in [-0.1, -0.05) is 0 Å². The van der Waals surface area contributed by atoms with Crippen molar-refractivity contribution in [2.75, 3.05) is 37.8 Å². The van der Waals surface area contributed by atoms with Crippen LogP contribution in [-0.2, 0) is 10.0 Å². The van der Waals surface area contributed by atoms with Crippen LogP contribution < -0.4 is 5.32 Å². The standard InChI is InChI=1S/C9H16ClN3O3S/c10-2-1-5-17(15,16)12-3-4-13-8(7-12)6-11-9(13)14/h8H,1-7H2,(H,11,14). The number of urea groups is 1. The van der Waals surface area contributed by atoms with E-state index in [2.05, 4.69) is 5.32 Å². The maximum atomic E-state index is 12.0. The highest BCUT2D eigenvalue weighted by atomic mass is 35.5. The van der Waals surface area contributed by atoms with Crippen LogP contribution in [0.25, 0.3) is 0 Å². The molecule has 0 bridgehead atoms. The lowest BCUT2D eigenvalue weighted by atomic mass is 10.2. The molecule has 2 saturated heterocycles. The topological polar surface area (TPSA) is 69.7 Å². The summed E-state index contributed by atoms with van der Waals surface area (Å²) in [6.45, 7) is 1.77. The smallest absolute Gasteiger partial charge is 0.317 e. The van der Waals surface area contributed by atoms with Gasteiger partial charge in [0.25, 0.3) is 0 Å². The van der Waals surface area contributed by atoms with Gasteiger partial charge in [0.15, 0.2) is 0 Å². The van der Waals surface area contributed by atoms with E-state index >= 15 is 0 Å². The van der Waals surface area contributed by atoms with E-state index in [1.165, 1.54) is 4.31 Å². The van der Waals surface area contributed by atoms with Crippen LogP contribution in [0.1, 0.15) is 6.42 Å². The number of nitrogens with zero attached hydrogens (tertiary/aromatic N) is 2. The molecule has 1 atom stereocenters. The Bertz CT molecular complexity index is 400. The molecule has 0 aromatic heterocycles. The third-order valence-corrected chi connectivity index (χ3v) is 5.31. The second kappa shape index (κ2) is 4.99. The fourth-order valence-electron chi connectivity index (χ4n) is 2.19. The molecule has 1 N–H and O–H groups in total. The molecule has 2 rings (SSSR count). The molecule has 6 nitrogen and oxygen atoms in total. The first-order valence-corrected chi connectivity index (χ1v) is 7.77. The van der Waals surface area contributed by atoms with Gasteiger partial charge in [0.1, 0.15) is 0 Å². The number of sulfonamides is 1. The van der Waals surface area contributed by atoms with E-state index in [9.17, 15) is 13.2 Å². The van der Waals surface area contributed by atoms with E-state index in [0.717, 1.165) is 0 Å². The zero-order valence-corrected chi connectivity index (χ0v) is 11.0. The normalized spacial score (nSPS) is 25.8. The number of carbonyl (C=O) groups is 1. The Balaban J connectivity index is 1.99. The van der Waals surface area contributed by atoms with Crippen molar-refractivity contribution < 1.29 is 13.2 Å². The lowest BCUT2D eigenvalue weighted by molar-refractivity contribution is 0.164. The molecule has 1 unspecified atom stereocenters. The minimum atomic E-state index is -3.22. The SMILES string of the molecule is O=C1NCC2CN(S(=O)(=O)CCCCl)CCN12. The maximum Gasteiger partial charge on any atom is 0.317 e. The highest BCUT2D eigenvalue weighted by Crippen LogP contribution is 2.17. The molecule has 0 saturated carbocycles. The summed E-state index contributed by atoms with van der Waals surface area (Å²) >= 11 is 5.51. The van der Waals surface area contributed by atoms with Crippen molar-refractivity contribution in [1.29, 1.82) is 0 Å². The Morgan fingerprint density at radius 1 is 1.41 bits per heavy atom. The Hall–Kier alpha value is -0.530. The summed E-state index contributed by atoms with van der Waals surface area (Å²) in [5.74, 6) is 0.438. The molecule has 2 aliphatic heterocycles. The van der Waals surface area contributed by atoms with E-state index in [4.69, 9.17) is 11.6 Å². The number of piperazine rings is 1. The number of alkyl halides is 1. The van der Waals surface area contributed by atoms with E-state index in [1.54, 1.807) is 4.90 Å². The van der Waals surface area contributed by atoms with Gasteiger partial charge in [-0.3, -0.25) is 0 Å². The average molecular weight is 282 g/mol. The van der Waals surface area contributed by atoms with Crippen molar-refractivity contribution in [2.24, 2.45) is 0 Å². The minimum Gasteiger partial charge on any atom is -0.336 e. The number of hydrogen-bond acceptors (Lipinski definition) is 3. The lowest BCUT2D eigenvalue weighted by Crippen LogP contribution is -2.54. The van der Waals surface area contributed by atoms with Gasteiger partial charge in [-0.15, -0.1) is 11.6 Å². The molecule has 2 amide bonds. The first-order chi connectivity index (χ1) is 8.04. The summed E-state index contributed by atoms with van der Waals surface area (Å²) in [6, 6.07) is -0.116. The second-order valence-electron chi connectivity index (χ2n) is 4.25. The van der Waals surface area contributed by atoms with Gasteiger partial charge < -0.3 is 10.2 Å². The van der Waals surface area contributed by atoms with Crippen molar-refractivity contribution in [1.82, 2.24) is 14.5 Å². The van der Waals surface area contributed by atoms with Crippen LogP contribution >= 0.6 is 11.6 Å². The second-order valence-corrected chi connectivity index (χ2v) is 6.72. The number of rotatable bonds is 4. The third kappa shape index (κ3) is 2.66. The predicted molar refractivity (Wildman–Crippen MR) is 64.6 cm³/mol. The van der Waals surface area contributed by atoms with Gasteiger partial charge >= 0.3 is 6.03 Å². The number of halogens is 1. The number of fused-ring (bicyclic) bond motifs is 1. The minimum absolute atomic E-state index is 0.0259. The van der Waals surface area contributed by atoms with Gasteiger partial charge in [-0.05, 0) is 6.42 Å². The van der Waals surface area contributed by atoms with E-state index < -0.39 is 10.0 Å². The molecule has 2 aliphatic rings. The lowest BCUT2D eigenvalue weighted by Gasteiger charge is -2.35. The number of amides is 2. The van der Waals surface area contributed by atoms with E-state index in [1.807, 2.05) is 0 Å². The van der Waals surface area contributed by atoms with Gasteiger partial charge in [-0.2, -0.15) is 4.31 Å². The van der Waals surface area contributed by atoms with Gasteiger partial charge in [0.2, 0.25) is 10.0 Å². The summed E-state index contributed by atoms with van der Waals surface area (Å²) in [5, 5.41) is 2.72. The molecule has 17 heavy (non-hydrogen) atoms. The highest BCUT2D eigenvalue weighted by molar-refractivity contribution is 7.89. The van der Waals surface area contributed by atoms with Crippen LogP contribution in [0.5, 0.6) is 0 Å². The molecule has 2 heterocycles. The Kier molecular flexibility index (Phi) is 3.79. The Morgan fingerprint density at radius 3 is 2.88 bits per heavy atom. The van der Waals surface area contributed by atoms with Crippen LogP contribution in [0.2, 0.25) is 0 Å². The molecule has 0 aromatic rings. The summed E-state index contributed by atoms with van der Waals surface area (Å²) in [6.07, 6.45) is 0.464. The van der Waals surface area contributed by atoms with Gasteiger partial charge in [0, 0.05) is 32.1 Å². The summed E-state index contributed by atoms with van der Waals surface area (Å²) < 4.78 is 25.4. The zero-order chi connectivity index (χ0) is 12.5. The number of carbonyl (C=O) groups excluding carboxylic acids is 1. The molecule has 98 valence electrons. The highest BCUT2D eigenvalue weighted by Gasteiger charge is 2.38. The van der Waals surface area contributed by atoms with Gasteiger partial charge in [0.05, 0.1) is 11.8 Å². The van der Waals surface area contributed by atoms with E-state index in [0.29, 0.717) is 38.5 Å². The average Bonchev–Trinajstić information content (AvgIpc) is 2.68. The van der Waals surface area contributed by atoms with Crippen molar-refractivity contribution in [3.05, 3.63) is 0 Å². The van der Waals surface area contributed by atoms with Crippen molar-refractivity contribution >= 4 is 27.7 Å². The fourth-order valence-corrected chi connectivity index (χ4v) is 4.01. The molecule has 0 radical (unpaired) electrons. The Morgan fingerprint density at radius 2 is 2.18 bits per heavy atom. The summed E-state index contributed by atoms with van der Waals surface area (Å²) in [5.41, 5.74) is 0. The predicted octanol–water partition coefficient (Wildman–Crippen LogP) is -0.345. The van der Waals surface area contributed by atoms with Crippen LogP contribution in [0, 0.1) is 0 Å². The summed E-state index contributed by atoms with van der Waals surface area (Å²) in [7, 11) is -3.22. The third-order valence-electron chi connectivity index (χ3n) is 3.12. The molecule has 2 fully saturated rings. The Labute approximate surface area is 106 Å². The maximum absolute atomic E-state index is 12.0. The molecule has 8 heteroatoms. The van der Waals surface area contributed by atoms with Crippen molar-refractivity contribution in [3.63, 3.8) is 0 Å². The first kappa shape index (κ1) is 12.9. The van der Waals surface area contributed by atoms with Crippen LogP contribution in [0.3, 0.4) is 0 Å². The van der Waals surface area contributed by atoms with E-state index in [-0.39, 0.29) is 17.8 Å². The van der Waals surface area contributed by atoms with Crippen molar-refractivity contribution in [2.45, 2.75) is 12.5 Å². The molecule has 0 spiro atoms. The quantitative estimate of drug-likeness (QED) is 0.717. The number of nitrogens with one attached hydrogen (secondary N) is 1. The zero-order valence-electron chi connectivity index (χ0n) is 9.43. The fraction of sp³-hybridized carbons (Fsp3) is 0.889. The van der Waals surface area contributed by atoms with Crippen LogP contribution in [0.4, 0.5) is 4.79 Å². The van der Waals surface area contributed by atoms with Crippen LogP contribution in [-0.4, -0.2) is 67.5 Å². The molecular weight excluding hydrogens is 266 g/mol. The largest absolute Gasteiger partial charge is 0.336 e. The first-order valence-electron chi connectivity index (χ1n) is 5.63. The van der Waals surface area contributed by atoms with Crippen LogP contribution in [0.15, 0.2) is 0 Å². The molecule has 0 aliphatic carbocycles. The summed E-state index contributed by atoms with van der Waals surface area (Å²) in [4.78, 5) is 13.1. The molecule has 0 aromatic carbocycles. The molecular formula is C9H16ClN3O3S. The van der Waals surface area contributed by atoms with Crippen molar-refractivity contribution in [3.8, 4) is 0 Å². The number of hydrogen-bond donors (Lipinski definition) is 1. The van der Waals surface area contributed by atoms with Gasteiger partial charge in [-0.25, -0.2) is 13.2 Å².